The van der Waals surface area contributed by atoms with Crippen LogP contribution in [0.3, 0.4) is 0 Å². The van der Waals surface area contributed by atoms with E-state index in [0.29, 0.717) is 13.0 Å². The van der Waals surface area contributed by atoms with Gasteiger partial charge in [0.2, 0.25) is 15.0 Å². The van der Waals surface area contributed by atoms with Crippen molar-refractivity contribution in [2.75, 3.05) is 37.0 Å². The van der Waals surface area contributed by atoms with E-state index in [-0.39, 0.29) is 17.0 Å². The summed E-state index contributed by atoms with van der Waals surface area (Å²) in [4.78, 5) is 6.69. The number of nitrogens with zero attached hydrogens (tertiary/aromatic N) is 3. The van der Waals surface area contributed by atoms with Gasteiger partial charge in [-0.2, -0.15) is 11.8 Å². The number of imidazole rings is 1. The Labute approximate surface area is 148 Å². The van der Waals surface area contributed by atoms with E-state index in [2.05, 4.69) is 9.88 Å². The third-order valence-corrected chi connectivity index (χ3v) is 7.32. The van der Waals surface area contributed by atoms with E-state index in [0.717, 1.165) is 56.3 Å². The van der Waals surface area contributed by atoms with Crippen LogP contribution in [0, 0.1) is 0 Å². The predicted octanol–water partition coefficient (Wildman–Crippen LogP) is 1.79. The number of thioether (sulfide) groups is 1. The van der Waals surface area contributed by atoms with Gasteiger partial charge in [0.05, 0.1) is 30.3 Å². The van der Waals surface area contributed by atoms with Crippen molar-refractivity contribution in [3.8, 4) is 0 Å². The molecular weight excluding hydrogens is 346 g/mol. The number of hydrogen-bond donors (Lipinski definition) is 0. The molecule has 0 spiro atoms. The first kappa shape index (κ1) is 18.2. The molecule has 1 atom stereocenters. The third-order valence-electron chi connectivity index (χ3n) is 4.55. The maximum absolute atomic E-state index is 12.6. The van der Waals surface area contributed by atoms with E-state index >= 15 is 0 Å². The Morgan fingerprint density at radius 2 is 2.17 bits per heavy atom. The maximum atomic E-state index is 12.6. The molecule has 0 aromatic carbocycles. The summed E-state index contributed by atoms with van der Waals surface area (Å²) in [6.07, 6.45) is 4.50. The summed E-state index contributed by atoms with van der Waals surface area (Å²) in [6.45, 7) is 6.12. The predicted molar refractivity (Wildman–Crippen MR) is 96.1 cm³/mol. The minimum atomic E-state index is -3.33. The van der Waals surface area contributed by atoms with Crippen LogP contribution in [0.5, 0.6) is 0 Å². The van der Waals surface area contributed by atoms with Crippen molar-refractivity contribution in [2.45, 2.75) is 50.5 Å². The fourth-order valence-electron chi connectivity index (χ4n) is 3.30. The SMILES string of the molecule is CCCS(=O)(=O)c1ncc(CN2CCSCC2)n1CC1CCCO1. The van der Waals surface area contributed by atoms with Gasteiger partial charge in [-0.25, -0.2) is 13.4 Å². The van der Waals surface area contributed by atoms with Gasteiger partial charge in [-0.15, -0.1) is 0 Å². The fourth-order valence-corrected chi connectivity index (χ4v) is 5.74. The smallest absolute Gasteiger partial charge is 0.227 e. The second-order valence-electron chi connectivity index (χ2n) is 6.49. The van der Waals surface area contributed by atoms with Crippen molar-refractivity contribution in [2.24, 2.45) is 0 Å². The molecule has 8 heteroatoms. The van der Waals surface area contributed by atoms with Gasteiger partial charge >= 0.3 is 0 Å². The summed E-state index contributed by atoms with van der Waals surface area (Å²) in [7, 11) is -3.33. The Morgan fingerprint density at radius 3 is 2.83 bits per heavy atom. The first-order chi connectivity index (χ1) is 11.6. The Kier molecular flexibility index (Phi) is 6.23. The standard InChI is InChI=1S/C16H27N3O3S2/c1-2-10-24(20,21)16-17-11-14(12-18-5-8-23-9-6-18)19(16)13-15-4-3-7-22-15/h11,15H,2-10,12-13H2,1H3. The molecule has 6 nitrogen and oxygen atoms in total. The highest BCUT2D eigenvalue weighted by atomic mass is 32.2. The summed E-state index contributed by atoms with van der Waals surface area (Å²) in [5.41, 5.74) is 0.993. The van der Waals surface area contributed by atoms with Crippen molar-refractivity contribution in [3.05, 3.63) is 11.9 Å². The molecular formula is C16H27N3O3S2. The number of aromatic nitrogens is 2. The first-order valence-electron chi connectivity index (χ1n) is 8.79. The minimum absolute atomic E-state index is 0.102. The number of rotatable bonds is 7. The fraction of sp³-hybridized carbons (Fsp3) is 0.812. The molecule has 2 aliphatic rings. The third kappa shape index (κ3) is 4.33. The highest BCUT2D eigenvalue weighted by Gasteiger charge is 2.26. The van der Waals surface area contributed by atoms with E-state index in [4.69, 9.17) is 4.74 Å². The van der Waals surface area contributed by atoms with Crippen molar-refractivity contribution >= 4 is 21.6 Å². The van der Waals surface area contributed by atoms with Gasteiger partial charge < -0.3 is 9.30 Å². The van der Waals surface area contributed by atoms with Gasteiger partial charge in [-0.3, -0.25) is 4.90 Å². The quantitative estimate of drug-likeness (QED) is 0.726. The lowest BCUT2D eigenvalue weighted by molar-refractivity contribution is 0.0933. The van der Waals surface area contributed by atoms with Crippen molar-refractivity contribution in [1.29, 1.82) is 0 Å². The zero-order valence-electron chi connectivity index (χ0n) is 14.3. The van der Waals surface area contributed by atoms with Crippen LogP contribution in [0.15, 0.2) is 11.4 Å². The monoisotopic (exact) mass is 373 g/mol. The molecule has 2 saturated heterocycles. The molecule has 1 aromatic rings. The lowest BCUT2D eigenvalue weighted by atomic mass is 10.2. The van der Waals surface area contributed by atoms with Gasteiger partial charge in [0.1, 0.15) is 0 Å². The molecule has 0 saturated carbocycles. The Hall–Kier alpha value is -0.570. The Morgan fingerprint density at radius 1 is 1.38 bits per heavy atom. The van der Waals surface area contributed by atoms with Crippen molar-refractivity contribution in [1.82, 2.24) is 14.5 Å². The molecule has 1 aromatic heterocycles. The zero-order valence-corrected chi connectivity index (χ0v) is 15.9. The van der Waals surface area contributed by atoms with Crippen LogP contribution < -0.4 is 0 Å². The average molecular weight is 374 g/mol. The molecule has 1 unspecified atom stereocenters. The Balaban J connectivity index is 1.84. The highest BCUT2D eigenvalue weighted by Crippen LogP contribution is 2.21. The number of ether oxygens (including phenoxy) is 1. The average Bonchev–Trinajstić information content (AvgIpc) is 3.20. The molecule has 2 aliphatic heterocycles. The van der Waals surface area contributed by atoms with E-state index in [1.807, 2.05) is 23.3 Å². The van der Waals surface area contributed by atoms with E-state index < -0.39 is 9.84 Å². The zero-order chi connectivity index (χ0) is 17.0. The van der Waals surface area contributed by atoms with Crippen LogP contribution in [0.2, 0.25) is 0 Å². The van der Waals surface area contributed by atoms with E-state index in [1.54, 1.807) is 6.20 Å². The van der Waals surface area contributed by atoms with Crippen LogP contribution >= 0.6 is 11.8 Å². The summed E-state index contributed by atoms with van der Waals surface area (Å²) in [5, 5.41) is 0.223. The molecule has 0 N–H and O–H groups in total. The summed E-state index contributed by atoms with van der Waals surface area (Å²) in [5.74, 6) is 2.43. The van der Waals surface area contributed by atoms with Crippen LogP contribution in [0.25, 0.3) is 0 Å². The van der Waals surface area contributed by atoms with Gasteiger partial charge in [-0.05, 0) is 19.3 Å². The lowest BCUT2D eigenvalue weighted by Gasteiger charge is -2.27. The van der Waals surface area contributed by atoms with Crippen LogP contribution in [-0.2, 0) is 27.7 Å². The largest absolute Gasteiger partial charge is 0.376 e. The second kappa shape index (κ2) is 8.21. The normalized spacial score (nSPS) is 23.0. The molecule has 0 radical (unpaired) electrons. The van der Waals surface area contributed by atoms with Crippen LogP contribution in [-0.4, -0.2) is 65.9 Å². The molecule has 3 heterocycles. The topological polar surface area (TPSA) is 64.4 Å². The van der Waals surface area contributed by atoms with E-state index in [9.17, 15) is 8.42 Å². The van der Waals surface area contributed by atoms with E-state index in [1.165, 1.54) is 0 Å². The molecule has 0 bridgehead atoms. The summed E-state index contributed by atoms with van der Waals surface area (Å²) >= 11 is 1.98. The summed E-state index contributed by atoms with van der Waals surface area (Å²) < 4.78 is 32.8. The second-order valence-corrected chi connectivity index (χ2v) is 9.71. The van der Waals surface area contributed by atoms with Crippen LogP contribution in [0.1, 0.15) is 31.9 Å². The lowest BCUT2D eigenvalue weighted by Crippen LogP contribution is -2.33. The minimum Gasteiger partial charge on any atom is -0.376 e. The van der Waals surface area contributed by atoms with Gasteiger partial charge in [-0.1, -0.05) is 6.92 Å². The number of hydrogen-bond acceptors (Lipinski definition) is 6. The Bertz CT molecular complexity index is 633. The van der Waals surface area contributed by atoms with Crippen molar-refractivity contribution < 1.29 is 13.2 Å². The highest BCUT2D eigenvalue weighted by molar-refractivity contribution is 7.99. The molecule has 3 rings (SSSR count). The molecule has 136 valence electrons. The van der Waals surface area contributed by atoms with Crippen LogP contribution in [0.4, 0.5) is 0 Å². The first-order valence-corrected chi connectivity index (χ1v) is 11.6. The summed E-state index contributed by atoms with van der Waals surface area (Å²) in [6, 6.07) is 0. The maximum Gasteiger partial charge on any atom is 0.227 e. The van der Waals surface area contributed by atoms with Gasteiger partial charge in [0.15, 0.2) is 0 Å². The molecule has 24 heavy (non-hydrogen) atoms. The molecule has 0 amide bonds. The van der Waals surface area contributed by atoms with Gasteiger partial charge in [0, 0.05) is 37.7 Å². The number of sulfone groups is 1. The molecule has 2 fully saturated rings. The van der Waals surface area contributed by atoms with Gasteiger partial charge in [0.25, 0.3) is 0 Å². The molecule has 0 aliphatic carbocycles. The van der Waals surface area contributed by atoms with Crippen molar-refractivity contribution in [3.63, 3.8) is 0 Å².